The number of benzene rings is 1. The third-order valence-corrected chi connectivity index (χ3v) is 3.18. The number of methoxy groups -OCH3 is 3. The lowest BCUT2D eigenvalue weighted by atomic mass is 10.2. The molecular weight excluding hydrogens is 298 g/mol. The molecule has 0 aliphatic heterocycles. The van der Waals surface area contributed by atoms with E-state index in [0.717, 1.165) is 5.69 Å². The van der Waals surface area contributed by atoms with Crippen molar-refractivity contribution < 1.29 is 19.0 Å². The van der Waals surface area contributed by atoms with Gasteiger partial charge in [0.05, 0.1) is 38.4 Å². The lowest BCUT2D eigenvalue weighted by Crippen LogP contribution is -2.20. The van der Waals surface area contributed by atoms with Crippen LogP contribution in [0.4, 0.5) is 16.2 Å². The van der Waals surface area contributed by atoms with Crippen LogP contribution in [0.25, 0.3) is 0 Å². The molecule has 0 atom stereocenters. The Morgan fingerprint density at radius 3 is 2.22 bits per heavy atom. The monoisotopic (exact) mass is 317 g/mol. The predicted octanol–water partition coefficient (Wildman–Crippen LogP) is 3.06. The number of amides is 2. The smallest absolute Gasteiger partial charge is 0.323 e. The molecule has 0 spiro atoms. The largest absolute Gasteiger partial charge is 0.493 e. The first-order valence-electron chi connectivity index (χ1n) is 6.88. The summed E-state index contributed by atoms with van der Waals surface area (Å²) in [4.78, 5) is 16.2. The number of carbonyl (C=O) groups is 1. The van der Waals surface area contributed by atoms with Gasteiger partial charge in [-0.05, 0) is 19.1 Å². The summed E-state index contributed by atoms with van der Waals surface area (Å²) in [6.45, 7) is 1.81. The SMILES string of the molecule is COc1cc(NC(=O)Nc2cccnc2C)cc(OC)c1OC. The normalized spacial score (nSPS) is 9.91. The number of hydrogen-bond donors (Lipinski definition) is 2. The van der Waals surface area contributed by atoms with Crippen molar-refractivity contribution in [3.05, 3.63) is 36.2 Å². The molecule has 0 unspecified atom stereocenters. The van der Waals surface area contributed by atoms with Crippen molar-refractivity contribution in [1.82, 2.24) is 4.98 Å². The highest BCUT2D eigenvalue weighted by molar-refractivity contribution is 6.00. The molecule has 0 radical (unpaired) electrons. The first-order chi connectivity index (χ1) is 11.1. The quantitative estimate of drug-likeness (QED) is 0.885. The fraction of sp³-hybridized carbons (Fsp3) is 0.250. The number of aromatic nitrogens is 1. The molecule has 23 heavy (non-hydrogen) atoms. The van der Waals surface area contributed by atoms with E-state index in [0.29, 0.717) is 28.6 Å². The van der Waals surface area contributed by atoms with Crippen LogP contribution in [0.1, 0.15) is 5.69 Å². The molecule has 0 saturated heterocycles. The van der Waals surface area contributed by atoms with E-state index in [9.17, 15) is 4.79 Å². The van der Waals surface area contributed by atoms with Crippen LogP contribution in [0.2, 0.25) is 0 Å². The van der Waals surface area contributed by atoms with Crippen LogP contribution in [0.5, 0.6) is 17.2 Å². The molecule has 1 aromatic carbocycles. The third kappa shape index (κ3) is 3.82. The zero-order valence-corrected chi connectivity index (χ0v) is 13.5. The molecule has 0 aliphatic carbocycles. The van der Waals surface area contributed by atoms with Crippen molar-refractivity contribution in [3.63, 3.8) is 0 Å². The topological polar surface area (TPSA) is 81.7 Å². The van der Waals surface area contributed by atoms with Crippen molar-refractivity contribution in [2.24, 2.45) is 0 Å². The number of ether oxygens (including phenoxy) is 3. The second kappa shape index (κ2) is 7.35. The van der Waals surface area contributed by atoms with E-state index >= 15 is 0 Å². The maximum absolute atomic E-state index is 12.1. The highest BCUT2D eigenvalue weighted by Gasteiger charge is 2.14. The van der Waals surface area contributed by atoms with Crippen molar-refractivity contribution in [1.29, 1.82) is 0 Å². The zero-order chi connectivity index (χ0) is 16.8. The number of carbonyl (C=O) groups excluding carboxylic acids is 1. The van der Waals surface area contributed by atoms with E-state index in [-0.39, 0.29) is 0 Å². The number of nitrogens with one attached hydrogen (secondary N) is 2. The van der Waals surface area contributed by atoms with E-state index in [2.05, 4.69) is 15.6 Å². The maximum Gasteiger partial charge on any atom is 0.323 e. The first-order valence-corrected chi connectivity index (χ1v) is 6.88. The van der Waals surface area contributed by atoms with Gasteiger partial charge in [-0.25, -0.2) is 4.79 Å². The molecule has 0 fully saturated rings. The molecule has 1 aromatic heterocycles. The van der Waals surface area contributed by atoms with Gasteiger partial charge in [0.15, 0.2) is 11.5 Å². The van der Waals surface area contributed by atoms with Crippen LogP contribution in [-0.4, -0.2) is 32.3 Å². The number of hydrogen-bond acceptors (Lipinski definition) is 5. The van der Waals surface area contributed by atoms with Crippen LogP contribution >= 0.6 is 0 Å². The Hall–Kier alpha value is -2.96. The van der Waals surface area contributed by atoms with Gasteiger partial charge in [-0.1, -0.05) is 0 Å². The van der Waals surface area contributed by atoms with Gasteiger partial charge in [-0.3, -0.25) is 4.98 Å². The van der Waals surface area contributed by atoms with Gasteiger partial charge in [0.25, 0.3) is 0 Å². The number of nitrogens with zero attached hydrogens (tertiary/aromatic N) is 1. The Kier molecular flexibility index (Phi) is 5.24. The summed E-state index contributed by atoms with van der Waals surface area (Å²) in [7, 11) is 4.55. The summed E-state index contributed by atoms with van der Waals surface area (Å²) in [6.07, 6.45) is 1.66. The second-order valence-corrected chi connectivity index (χ2v) is 4.63. The number of urea groups is 1. The Morgan fingerprint density at radius 2 is 1.70 bits per heavy atom. The van der Waals surface area contributed by atoms with Gasteiger partial charge in [-0.15, -0.1) is 0 Å². The lowest BCUT2D eigenvalue weighted by Gasteiger charge is -2.15. The summed E-state index contributed by atoms with van der Waals surface area (Å²) in [5.74, 6) is 1.38. The fourth-order valence-corrected chi connectivity index (χ4v) is 2.05. The molecular formula is C16H19N3O4. The molecule has 2 N–H and O–H groups in total. The average Bonchev–Trinajstić information content (AvgIpc) is 2.55. The van der Waals surface area contributed by atoms with E-state index in [4.69, 9.17) is 14.2 Å². The molecule has 0 bridgehead atoms. The second-order valence-electron chi connectivity index (χ2n) is 4.63. The van der Waals surface area contributed by atoms with Crippen molar-refractivity contribution in [2.75, 3.05) is 32.0 Å². The predicted molar refractivity (Wildman–Crippen MR) is 87.7 cm³/mol. The van der Waals surface area contributed by atoms with Crippen LogP contribution in [-0.2, 0) is 0 Å². The van der Waals surface area contributed by atoms with Crippen LogP contribution in [0.3, 0.4) is 0 Å². The van der Waals surface area contributed by atoms with Crippen LogP contribution in [0.15, 0.2) is 30.5 Å². The van der Waals surface area contributed by atoms with Gasteiger partial charge < -0.3 is 24.8 Å². The summed E-state index contributed by atoms with van der Waals surface area (Å²) in [5.41, 5.74) is 1.88. The fourth-order valence-electron chi connectivity index (χ4n) is 2.05. The molecule has 2 amide bonds. The summed E-state index contributed by atoms with van der Waals surface area (Å²) in [5, 5.41) is 5.46. The van der Waals surface area contributed by atoms with Crippen molar-refractivity contribution >= 4 is 17.4 Å². The minimum absolute atomic E-state index is 0.393. The highest BCUT2D eigenvalue weighted by Crippen LogP contribution is 2.39. The molecule has 0 aliphatic rings. The van der Waals surface area contributed by atoms with E-state index in [1.807, 2.05) is 6.92 Å². The average molecular weight is 317 g/mol. The van der Waals surface area contributed by atoms with E-state index in [1.165, 1.54) is 21.3 Å². The van der Waals surface area contributed by atoms with Crippen molar-refractivity contribution in [2.45, 2.75) is 6.92 Å². The maximum atomic E-state index is 12.1. The molecule has 0 saturated carbocycles. The Balaban J connectivity index is 2.19. The van der Waals surface area contributed by atoms with Gasteiger partial charge in [-0.2, -0.15) is 0 Å². The van der Waals surface area contributed by atoms with Gasteiger partial charge in [0.1, 0.15) is 0 Å². The number of rotatable bonds is 5. The van der Waals surface area contributed by atoms with Gasteiger partial charge >= 0.3 is 6.03 Å². The third-order valence-electron chi connectivity index (χ3n) is 3.18. The molecule has 2 aromatic rings. The van der Waals surface area contributed by atoms with Crippen LogP contribution in [0, 0.1) is 6.92 Å². The van der Waals surface area contributed by atoms with E-state index in [1.54, 1.807) is 30.5 Å². The minimum Gasteiger partial charge on any atom is -0.493 e. The van der Waals surface area contributed by atoms with Crippen molar-refractivity contribution in [3.8, 4) is 17.2 Å². The zero-order valence-electron chi connectivity index (χ0n) is 13.5. The summed E-state index contributed by atoms with van der Waals surface area (Å²) in [6, 6.07) is 6.43. The minimum atomic E-state index is -0.393. The highest BCUT2D eigenvalue weighted by atomic mass is 16.5. The van der Waals surface area contributed by atoms with Crippen LogP contribution < -0.4 is 24.8 Å². The number of anilines is 2. The molecule has 122 valence electrons. The Labute approximate surface area is 134 Å². The summed E-state index contributed by atoms with van der Waals surface area (Å²) < 4.78 is 15.7. The van der Waals surface area contributed by atoms with Gasteiger partial charge in [0, 0.05) is 18.3 Å². The molecule has 2 rings (SSSR count). The Morgan fingerprint density at radius 1 is 1.04 bits per heavy atom. The van der Waals surface area contributed by atoms with Gasteiger partial charge in [0.2, 0.25) is 5.75 Å². The molecule has 1 heterocycles. The number of aryl methyl sites for hydroxylation is 1. The number of pyridine rings is 1. The standard InChI is InChI=1S/C16H19N3O4/c1-10-12(6-5-7-17-10)19-16(20)18-11-8-13(21-2)15(23-4)14(9-11)22-3/h5-9H,1-4H3,(H2,18,19,20). The summed E-state index contributed by atoms with van der Waals surface area (Å²) >= 11 is 0. The molecule has 7 nitrogen and oxygen atoms in total. The first kappa shape index (κ1) is 16.4. The Bertz CT molecular complexity index is 678. The lowest BCUT2D eigenvalue weighted by molar-refractivity contribution is 0.262. The molecule has 7 heteroatoms. The van der Waals surface area contributed by atoms with E-state index < -0.39 is 6.03 Å².